The molecule has 86 valence electrons. The van der Waals surface area contributed by atoms with Crippen LogP contribution in [0.3, 0.4) is 0 Å². The van der Waals surface area contributed by atoms with Crippen molar-refractivity contribution in [3.63, 3.8) is 0 Å². The first kappa shape index (κ1) is 14.0. The lowest BCUT2D eigenvalue weighted by Gasteiger charge is -2.26. The van der Waals surface area contributed by atoms with Crippen molar-refractivity contribution < 1.29 is 4.74 Å². The van der Waals surface area contributed by atoms with Gasteiger partial charge in [0.05, 0.1) is 11.7 Å². The van der Waals surface area contributed by atoms with Crippen LogP contribution in [0.1, 0.15) is 67.7 Å². The molecule has 0 amide bonds. The highest BCUT2D eigenvalue weighted by Gasteiger charge is 2.16. The Labute approximate surface area is 90.2 Å². The zero-order valence-corrected chi connectivity index (χ0v) is 11.1. The first-order valence-corrected chi connectivity index (χ1v) is 5.78. The number of hydrogen-bond donors (Lipinski definition) is 0. The molecule has 14 heavy (non-hydrogen) atoms. The summed E-state index contributed by atoms with van der Waals surface area (Å²) in [6, 6.07) is 0. The van der Waals surface area contributed by atoms with Crippen molar-refractivity contribution in [2.24, 2.45) is 5.41 Å². The molecule has 0 aliphatic carbocycles. The Kier molecular flexibility index (Phi) is 5.14. The summed E-state index contributed by atoms with van der Waals surface area (Å²) in [4.78, 5) is 0. The molecule has 0 rings (SSSR count). The molecule has 0 radical (unpaired) electrons. The van der Waals surface area contributed by atoms with Crippen molar-refractivity contribution in [1.82, 2.24) is 0 Å². The van der Waals surface area contributed by atoms with Gasteiger partial charge >= 0.3 is 0 Å². The Hall–Kier alpha value is -0.0400. The van der Waals surface area contributed by atoms with Crippen molar-refractivity contribution in [3.05, 3.63) is 0 Å². The van der Waals surface area contributed by atoms with Gasteiger partial charge in [-0.15, -0.1) is 0 Å². The second-order valence-electron chi connectivity index (χ2n) is 6.49. The van der Waals surface area contributed by atoms with E-state index in [2.05, 4.69) is 48.5 Å². The molecule has 0 bridgehead atoms. The van der Waals surface area contributed by atoms with Crippen molar-refractivity contribution >= 4 is 0 Å². The SMILES string of the molecule is C[C@H](CCCC(C)(C)C)OC(C)(C)C. The van der Waals surface area contributed by atoms with Gasteiger partial charge in [-0.25, -0.2) is 0 Å². The molecule has 0 heterocycles. The molecule has 1 nitrogen and oxygen atoms in total. The summed E-state index contributed by atoms with van der Waals surface area (Å²) in [5.41, 5.74) is 0.461. The van der Waals surface area contributed by atoms with Crippen LogP contribution in [0.25, 0.3) is 0 Å². The lowest BCUT2D eigenvalue weighted by molar-refractivity contribution is -0.0554. The van der Waals surface area contributed by atoms with Gasteiger partial charge in [0, 0.05) is 0 Å². The average molecular weight is 200 g/mol. The highest BCUT2D eigenvalue weighted by molar-refractivity contribution is 4.66. The Morgan fingerprint density at radius 1 is 1.00 bits per heavy atom. The summed E-state index contributed by atoms with van der Waals surface area (Å²) in [6.07, 6.45) is 4.11. The van der Waals surface area contributed by atoms with E-state index in [1.165, 1.54) is 19.3 Å². The molecule has 0 spiro atoms. The molecule has 0 aromatic rings. The van der Waals surface area contributed by atoms with Gasteiger partial charge in [0.2, 0.25) is 0 Å². The lowest BCUT2D eigenvalue weighted by atomic mass is 9.89. The summed E-state index contributed by atoms with van der Waals surface area (Å²) < 4.78 is 5.85. The Bertz CT molecular complexity index is 148. The predicted molar refractivity (Wildman–Crippen MR) is 63.6 cm³/mol. The topological polar surface area (TPSA) is 9.23 Å². The van der Waals surface area contributed by atoms with Crippen molar-refractivity contribution in [3.8, 4) is 0 Å². The third kappa shape index (κ3) is 10.0. The van der Waals surface area contributed by atoms with Gasteiger partial charge in [-0.2, -0.15) is 0 Å². The number of ether oxygens (including phenoxy) is 1. The number of rotatable bonds is 4. The molecule has 0 saturated carbocycles. The molecule has 0 N–H and O–H groups in total. The summed E-state index contributed by atoms with van der Waals surface area (Å²) in [5, 5.41) is 0. The minimum Gasteiger partial charge on any atom is -0.373 e. The van der Waals surface area contributed by atoms with Gasteiger partial charge in [0.25, 0.3) is 0 Å². The van der Waals surface area contributed by atoms with Crippen LogP contribution in [0.4, 0.5) is 0 Å². The van der Waals surface area contributed by atoms with E-state index in [9.17, 15) is 0 Å². The molecule has 0 fully saturated rings. The third-order valence-electron chi connectivity index (χ3n) is 2.09. The molecule has 0 unspecified atom stereocenters. The summed E-state index contributed by atoms with van der Waals surface area (Å²) in [7, 11) is 0. The van der Waals surface area contributed by atoms with Crippen LogP contribution in [0.5, 0.6) is 0 Å². The van der Waals surface area contributed by atoms with E-state index in [1.54, 1.807) is 0 Å². The molecule has 0 aliphatic heterocycles. The Morgan fingerprint density at radius 3 is 1.86 bits per heavy atom. The van der Waals surface area contributed by atoms with Gasteiger partial charge in [-0.1, -0.05) is 27.2 Å². The second kappa shape index (κ2) is 5.16. The predicted octanol–water partition coefficient (Wildman–Crippen LogP) is 4.41. The monoisotopic (exact) mass is 200 g/mol. The fourth-order valence-corrected chi connectivity index (χ4v) is 1.58. The molecular formula is C13H28O. The van der Waals surface area contributed by atoms with Gasteiger partial charge in [0.15, 0.2) is 0 Å². The smallest absolute Gasteiger partial charge is 0.0602 e. The Balaban J connectivity index is 3.60. The minimum atomic E-state index is 0.00114. The van der Waals surface area contributed by atoms with Gasteiger partial charge < -0.3 is 4.74 Å². The molecular weight excluding hydrogens is 172 g/mol. The van der Waals surface area contributed by atoms with E-state index in [-0.39, 0.29) is 5.60 Å². The normalized spacial score (nSPS) is 15.6. The molecule has 1 atom stereocenters. The quantitative estimate of drug-likeness (QED) is 0.653. The molecule has 0 aromatic carbocycles. The standard InChI is InChI=1S/C13H28O/c1-11(14-13(5,6)7)9-8-10-12(2,3)4/h11H,8-10H2,1-7H3/t11-/m1/s1. The molecule has 0 aliphatic rings. The van der Waals surface area contributed by atoms with Crippen LogP contribution in [0.15, 0.2) is 0 Å². The zero-order valence-electron chi connectivity index (χ0n) is 11.1. The lowest BCUT2D eigenvalue weighted by Crippen LogP contribution is -2.25. The first-order valence-electron chi connectivity index (χ1n) is 5.78. The van der Waals surface area contributed by atoms with Crippen LogP contribution in [-0.4, -0.2) is 11.7 Å². The second-order valence-corrected chi connectivity index (χ2v) is 6.49. The van der Waals surface area contributed by atoms with Crippen molar-refractivity contribution in [2.45, 2.75) is 79.4 Å². The first-order chi connectivity index (χ1) is 6.10. The van der Waals surface area contributed by atoms with Crippen LogP contribution in [-0.2, 0) is 4.74 Å². The summed E-state index contributed by atoms with van der Waals surface area (Å²) in [6.45, 7) is 15.4. The van der Waals surface area contributed by atoms with Crippen LogP contribution >= 0.6 is 0 Å². The zero-order chi connectivity index (χ0) is 11.4. The van der Waals surface area contributed by atoms with E-state index in [1.807, 2.05) is 0 Å². The number of hydrogen-bond acceptors (Lipinski definition) is 1. The Morgan fingerprint density at radius 2 is 1.50 bits per heavy atom. The fourth-order valence-electron chi connectivity index (χ4n) is 1.58. The van der Waals surface area contributed by atoms with E-state index in [0.29, 0.717) is 11.5 Å². The summed E-state index contributed by atoms with van der Waals surface area (Å²) in [5.74, 6) is 0. The van der Waals surface area contributed by atoms with Crippen molar-refractivity contribution in [1.29, 1.82) is 0 Å². The molecule has 0 aromatic heterocycles. The van der Waals surface area contributed by atoms with E-state index < -0.39 is 0 Å². The van der Waals surface area contributed by atoms with Crippen molar-refractivity contribution in [2.75, 3.05) is 0 Å². The van der Waals surface area contributed by atoms with Crippen LogP contribution in [0.2, 0.25) is 0 Å². The highest BCUT2D eigenvalue weighted by atomic mass is 16.5. The highest BCUT2D eigenvalue weighted by Crippen LogP contribution is 2.23. The van der Waals surface area contributed by atoms with Crippen LogP contribution in [0, 0.1) is 5.41 Å². The van der Waals surface area contributed by atoms with Crippen LogP contribution < -0.4 is 0 Å². The average Bonchev–Trinajstić information content (AvgIpc) is 1.78. The largest absolute Gasteiger partial charge is 0.373 e. The van der Waals surface area contributed by atoms with Gasteiger partial charge in [0.1, 0.15) is 0 Å². The van der Waals surface area contributed by atoms with Gasteiger partial charge in [-0.05, 0) is 46.0 Å². The third-order valence-corrected chi connectivity index (χ3v) is 2.09. The van der Waals surface area contributed by atoms with E-state index in [0.717, 1.165) is 0 Å². The maximum atomic E-state index is 5.85. The minimum absolute atomic E-state index is 0.00114. The van der Waals surface area contributed by atoms with E-state index in [4.69, 9.17) is 4.74 Å². The van der Waals surface area contributed by atoms with Gasteiger partial charge in [-0.3, -0.25) is 0 Å². The van der Waals surface area contributed by atoms with E-state index >= 15 is 0 Å². The summed E-state index contributed by atoms with van der Waals surface area (Å²) >= 11 is 0. The molecule has 1 heteroatoms. The molecule has 0 saturated heterocycles. The fraction of sp³-hybridized carbons (Fsp3) is 1.00. The maximum Gasteiger partial charge on any atom is 0.0602 e. The maximum absolute atomic E-state index is 5.85.